The summed E-state index contributed by atoms with van der Waals surface area (Å²) in [6, 6.07) is 7.50. The fourth-order valence-electron chi connectivity index (χ4n) is 1.64. The lowest BCUT2D eigenvalue weighted by molar-refractivity contribution is 0.0772. The van der Waals surface area contributed by atoms with Gasteiger partial charge in [0.05, 0.1) is 5.52 Å². The number of hydrogen-bond acceptors (Lipinski definition) is 1. The minimum atomic E-state index is -0.395. The number of fused-ring (bicyclic) bond motifs is 1. The van der Waals surface area contributed by atoms with E-state index in [-0.39, 0.29) is 5.91 Å². The second-order valence-corrected chi connectivity index (χ2v) is 5.38. The van der Waals surface area contributed by atoms with Crippen molar-refractivity contribution in [3.63, 3.8) is 0 Å². The Kier molecular flexibility index (Phi) is 2.55. The Labute approximate surface area is 99.8 Å². The Morgan fingerprint density at radius 3 is 2.56 bits per heavy atom. The molecule has 2 rings (SSSR count). The van der Waals surface area contributed by atoms with Gasteiger partial charge < -0.3 is 0 Å². The van der Waals surface area contributed by atoms with Crippen molar-refractivity contribution in [2.75, 3.05) is 0 Å². The normalized spacial score (nSPS) is 12.0. The Morgan fingerprint density at radius 2 is 1.94 bits per heavy atom. The first-order valence-corrected chi connectivity index (χ1v) is 5.59. The van der Waals surface area contributed by atoms with Crippen LogP contribution in [-0.4, -0.2) is 10.5 Å². The third-order valence-corrected chi connectivity index (χ3v) is 2.75. The number of halogens is 1. The summed E-state index contributed by atoms with van der Waals surface area (Å²) in [6.07, 6.45) is 1.80. The third-order valence-electron chi connectivity index (χ3n) is 2.52. The Balaban J connectivity index is 2.62. The maximum atomic E-state index is 12.2. The van der Waals surface area contributed by atoms with E-state index < -0.39 is 5.41 Å². The average Bonchev–Trinajstić information content (AvgIpc) is 2.57. The zero-order chi connectivity index (χ0) is 11.9. The van der Waals surface area contributed by atoms with E-state index in [0.29, 0.717) is 5.02 Å². The minimum absolute atomic E-state index is 0.0739. The molecule has 0 fully saturated rings. The van der Waals surface area contributed by atoms with Crippen molar-refractivity contribution in [2.45, 2.75) is 20.8 Å². The molecule has 1 aromatic heterocycles. The molecule has 0 atom stereocenters. The van der Waals surface area contributed by atoms with Gasteiger partial charge in [-0.25, -0.2) is 0 Å². The van der Waals surface area contributed by atoms with Gasteiger partial charge in [0.25, 0.3) is 0 Å². The highest BCUT2D eigenvalue weighted by molar-refractivity contribution is 6.31. The highest BCUT2D eigenvalue weighted by atomic mass is 35.5. The maximum absolute atomic E-state index is 12.2. The monoisotopic (exact) mass is 235 g/mol. The van der Waals surface area contributed by atoms with Gasteiger partial charge in [-0.1, -0.05) is 38.4 Å². The molecular weight excluding hydrogens is 222 g/mol. The van der Waals surface area contributed by atoms with Gasteiger partial charge in [0.1, 0.15) is 0 Å². The summed E-state index contributed by atoms with van der Waals surface area (Å²) < 4.78 is 1.67. The van der Waals surface area contributed by atoms with Crippen molar-refractivity contribution in [1.82, 2.24) is 4.57 Å². The number of rotatable bonds is 0. The number of hydrogen-bond donors (Lipinski definition) is 0. The van der Waals surface area contributed by atoms with E-state index >= 15 is 0 Å². The van der Waals surface area contributed by atoms with Crippen LogP contribution in [0.15, 0.2) is 30.5 Å². The van der Waals surface area contributed by atoms with Crippen molar-refractivity contribution >= 4 is 28.4 Å². The predicted molar refractivity (Wildman–Crippen MR) is 67.0 cm³/mol. The van der Waals surface area contributed by atoms with Crippen LogP contribution >= 0.6 is 11.6 Å². The first-order chi connectivity index (χ1) is 7.39. The molecule has 1 aromatic carbocycles. The molecule has 0 bridgehead atoms. The van der Waals surface area contributed by atoms with Gasteiger partial charge in [0, 0.05) is 22.0 Å². The van der Waals surface area contributed by atoms with Crippen molar-refractivity contribution < 1.29 is 4.79 Å². The molecule has 2 nitrogen and oxygen atoms in total. The summed E-state index contributed by atoms with van der Waals surface area (Å²) in [4.78, 5) is 12.2. The molecule has 0 saturated heterocycles. The SMILES string of the molecule is CC(C)(C)C(=O)n1ccc2ccc(Cl)cc21. The average molecular weight is 236 g/mol. The Morgan fingerprint density at radius 1 is 1.25 bits per heavy atom. The molecule has 0 radical (unpaired) electrons. The van der Waals surface area contributed by atoms with Crippen LogP contribution in [-0.2, 0) is 0 Å². The molecule has 2 aromatic rings. The summed E-state index contributed by atoms with van der Waals surface area (Å²) in [7, 11) is 0. The van der Waals surface area contributed by atoms with Crippen LogP contribution in [0.25, 0.3) is 10.9 Å². The van der Waals surface area contributed by atoms with E-state index in [1.54, 1.807) is 10.8 Å². The van der Waals surface area contributed by atoms with Crippen molar-refractivity contribution in [2.24, 2.45) is 5.41 Å². The van der Waals surface area contributed by atoms with Gasteiger partial charge in [-0.05, 0) is 18.2 Å². The first-order valence-electron chi connectivity index (χ1n) is 5.21. The second kappa shape index (κ2) is 3.63. The molecule has 0 N–H and O–H groups in total. The van der Waals surface area contributed by atoms with Crippen LogP contribution in [0.1, 0.15) is 25.6 Å². The molecular formula is C13H14ClNO. The lowest BCUT2D eigenvalue weighted by atomic mass is 9.95. The largest absolute Gasteiger partial charge is 0.287 e. The van der Waals surface area contributed by atoms with Crippen LogP contribution in [0, 0.1) is 5.41 Å². The number of carbonyl (C=O) groups excluding carboxylic acids is 1. The first kappa shape index (κ1) is 11.2. The fourth-order valence-corrected chi connectivity index (χ4v) is 1.81. The fraction of sp³-hybridized carbons (Fsp3) is 0.308. The molecule has 0 saturated carbocycles. The van der Waals surface area contributed by atoms with Gasteiger partial charge in [-0.2, -0.15) is 0 Å². The summed E-state index contributed by atoms with van der Waals surface area (Å²) in [5.74, 6) is 0.0739. The molecule has 0 unspecified atom stereocenters. The Bertz CT molecular complexity index is 549. The van der Waals surface area contributed by atoms with Crippen molar-refractivity contribution in [3.05, 3.63) is 35.5 Å². The number of aromatic nitrogens is 1. The molecule has 0 amide bonds. The van der Waals surface area contributed by atoms with E-state index in [1.807, 2.05) is 45.0 Å². The van der Waals surface area contributed by atoms with Gasteiger partial charge in [-0.3, -0.25) is 9.36 Å². The standard InChI is InChI=1S/C13H14ClNO/c1-13(2,3)12(16)15-7-6-9-4-5-10(14)8-11(9)15/h4-8H,1-3H3. The van der Waals surface area contributed by atoms with Crippen molar-refractivity contribution in [1.29, 1.82) is 0 Å². The van der Waals surface area contributed by atoms with Crippen molar-refractivity contribution in [3.8, 4) is 0 Å². The number of carbonyl (C=O) groups is 1. The molecule has 3 heteroatoms. The predicted octanol–water partition coefficient (Wildman–Crippen LogP) is 3.98. The zero-order valence-corrected chi connectivity index (χ0v) is 10.4. The van der Waals surface area contributed by atoms with Crippen LogP contribution < -0.4 is 0 Å². The topological polar surface area (TPSA) is 22.0 Å². The van der Waals surface area contributed by atoms with E-state index in [0.717, 1.165) is 10.9 Å². The summed E-state index contributed by atoms with van der Waals surface area (Å²) in [5, 5.41) is 1.68. The zero-order valence-electron chi connectivity index (χ0n) is 9.62. The summed E-state index contributed by atoms with van der Waals surface area (Å²) >= 11 is 5.94. The Hall–Kier alpha value is -1.28. The maximum Gasteiger partial charge on any atom is 0.236 e. The summed E-state index contributed by atoms with van der Waals surface area (Å²) in [5.41, 5.74) is 0.473. The van der Waals surface area contributed by atoms with E-state index in [1.165, 1.54) is 0 Å². The van der Waals surface area contributed by atoms with E-state index in [9.17, 15) is 4.79 Å². The summed E-state index contributed by atoms with van der Waals surface area (Å²) in [6.45, 7) is 5.73. The lowest BCUT2D eigenvalue weighted by Crippen LogP contribution is -2.25. The molecule has 16 heavy (non-hydrogen) atoms. The number of benzene rings is 1. The molecule has 0 aliphatic rings. The van der Waals surface area contributed by atoms with Gasteiger partial charge in [-0.15, -0.1) is 0 Å². The molecule has 0 aliphatic heterocycles. The molecule has 0 aliphatic carbocycles. The second-order valence-electron chi connectivity index (χ2n) is 4.94. The van der Waals surface area contributed by atoms with Gasteiger partial charge >= 0.3 is 0 Å². The third kappa shape index (κ3) is 1.85. The lowest BCUT2D eigenvalue weighted by Gasteiger charge is -2.17. The quantitative estimate of drug-likeness (QED) is 0.677. The molecule has 0 spiro atoms. The van der Waals surface area contributed by atoms with E-state index in [2.05, 4.69) is 0 Å². The van der Waals surface area contributed by atoms with Crippen LogP contribution in [0.2, 0.25) is 5.02 Å². The van der Waals surface area contributed by atoms with E-state index in [4.69, 9.17) is 11.6 Å². The molecule has 1 heterocycles. The van der Waals surface area contributed by atoms with Crippen LogP contribution in [0.5, 0.6) is 0 Å². The molecule has 84 valence electrons. The van der Waals surface area contributed by atoms with Crippen LogP contribution in [0.4, 0.5) is 0 Å². The minimum Gasteiger partial charge on any atom is -0.287 e. The number of nitrogens with zero attached hydrogens (tertiary/aromatic N) is 1. The van der Waals surface area contributed by atoms with Gasteiger partial charge in [0.2, 0.25) is 5.91 Å². The highest BCUT2D eigenvalue weighted by Crippen LogP contribution is 2.24. The van der Waals surface area contributed by atoms with Crippen LogP contribution in [0.3, 0.4) is 0 Å². The van der Waals surface area contributed by atoms with Gasteiger partial charge in [0.15, 0.2) is 0 Å². The highest BCUT2D eigenvalue weighted by Gasteiger charge is 2.23. The smallest absolute Gasteiger partial charge is 0.236 e.